The van der Waals surface area contributed by atoms with Gasteiger partial charge in [-0.05, 0) is 25.8 Å². The predicted molar refractivity (Wildman–Crippen MR) is 92.8 cm³/mol. The van der Waals surface area contributed by atoms with E-state index in [-0.39, 0.29) is 12.6 Å². The van der Waals surface area contributed by atoms with Gasteiger partial charge < -0.3 is 14.8 Å². The van der Waals surface area contributed by atoms with Gasteiger partial charge in [-0.3, -0.25) is 4.90 Å². The van der Waals surface area contributed by atoms with Crippen LogP contribution in [0.25, 0.3) is 0 Å². The number of hydrogen-bond donors (Lipinski definition) is 1. The van der Waals surface area contributed by atoms with Crippen molar-refractivity contribution in [3.63, 3.8) is 0 Å². The van der Waals surface area contributed by atoms with E-state index in [4.69, 9.17) is 9.47 Å². The lowest BCUT2D eigenvalue weighted by molar-refractivity contribution is -0.140. The normalized spacial score (nSPS) is 22.1. The van der Waals surface area contributed by atoms with Gasteiger partial charge in [-0.15, -0.1) is 0 Å². The first-order valence-electron chi connectivity index (χ1n) is 8.66. The number of carbonyl (C=O) groups is 2. The smallest absolute Gasteiger partial charge is 0.338 e. The number of ether oxygens (including phenoxy) is 2. The number of para-hydroxylation sites is 1. The fraction of sp³-hybridized carbons (Fsp3) is 0.474. The first-order valence-corrected chi connectivity index (χ1v) is 8.66. The standard InChI is InChI=1S/C19H24N2O4/c1-5-24-18(22)16-12(4)20-19(23)21-15(10-11(2)3)25-14-9-7-6-8-13(14)17(16)21/h6-9,11,15,17H,5,10H2,1-4H3,(H,20,23). The van der Waals surface area contributed by atoms with Crippen LogP contribution in [0.5, 0.6) is 5.75 Å². The maximum atomic E-state index is 12.7. The summed E-state index contributed by atoms with van der Waals surface area (Å²) in [6, 6.07) is 6.80. The molecule has 6 nitrogen and oxygen atoms in total. The van der Waals surface area contributed by atoms with Crippen molar-refractivity contribution in [2.24, 2.45) is 5.92 Å². The van der Waals surface area contributed by atoms with Crippen molar-refractivity contribution < 1.29 is 19.1 Å². The van der Waals surface area contributed by atoms with Gasteiger partial charge in [0.25, 0.3) is 0 Å². The zero-order valence-corrected chi connectivity index (χ0v) is 15.0. The molecule has 1 N–H and O–H groups in total. The third kappa shape index (κ3) is 3.08. The molecule has 1 aromatic rings. The van der Waals surface area contributed by atoms with Crippen molar-refractivity contribution >= 4 is 12.0 Å². The minimum absolute atomic E-state index is 0.254. The van der Waals surface area contributed by atoms with Gasteiger partial charge in [0, 0.05) is 17.7 Å². The maximum Gasteiger partial charge on any atom is 0.338 e. The Balaban J connectivity index is 2.14. The SMILES string of the molecule is CCOC(=O)C1=C(C)NC(=O)N2C(CC(C)C)Oc3ccccc3C12. The Bertz CT molecular complexity index is 726. The Hall–Kier alpha value is -2.50. The van der Waals surface area contributed by atoms with Crippen molar-refractivity contribution in [1.29, 1.82) is 0 Å². The molecule has 0 aliphatic carbocycles. The van der Waals surface area contributed by atoms with Crippen LogP contribution in [0, 0.1) is 5.92 Å². The lowest BCUT2D eigenvalue weighted by atomic mass is 9.90. The van der Waals surface area contributed by atoms with Crippen LogP contribution >= 0.6 is 0 Å². The number of hydrogen-bond acceptors (Lipinski definition) is 4. The number of amides is 2. The van der Waals surface area contributed by atoms with E-state index in [1.807, 2.05) is 24.3 Å². The largest absolute Gasteiger partial charge is 0.470 e. The molecule has 3 rings (SSSR count). The van der Waals surface area contributed by atoms with E-state index < -0.39 is 18.2 Å². The van der Waals surface area contributed by atoms with Crippen molar-refractivity contribution in [3.8, 4) is 5.75 Å². The number of carbonyl (C=O) groups excluding carboxylic acids is 2. The van der Waals surface area contributed by atoms with Crippen molar-refractivity contribution in [3.05, 3.63) is 41.1 Å². The molecule has 0 radical (unpaired) electrons. The Morgan fingerprint density at radius 1 is 1.36 bits per heavy atom. The van der Waals surface area contributed by atoms with Crippen LogP contribution in [0.3, 0.4) is 0 Å². The molecule has 0 saturated heterocycles. The van der Waals surface area contributed by atoms with Crippen molar-refractivity contribution in [1.82, 2.24) is 10.2 Å². The summed E-state index contributed by atoms with van der Waals surface area (Å²) in [7, 11) is 0. The second-order valence-corrected chi connectivity index (χ2v) is 6.74. The van der Waals surface area contributed by atoms with Crippen LogP contribution in [0.1, 0.15) is 45.7 Å². The number of fused-ring (bicyclic) bond motifs is 3. The zero-order valence-electron chi connectivity index (χ0n) is 15.0. The molecule has 1 aromatic carbocycles. The van der Waals surface area contributed by atoms with E-state index in [1.165, 1.54) is 0 Å². The molecular formula is C19H24N2O4. The Morgan fingerprint density at radius 3 is 2.76 bits per heavy atom. The van der Waals surface area contributed by atoms with Crippen LogP contribution in [0.4, 0.5) is 4.79 Å². The molecule has 25 heavy (non-hydrogen) atoms. The zero-order chi connectivity index (χ0) is 18.1. The highest BCUT2D eigenvalue weighted by molar-refractivity contribution is 5.95. The number of benzene rings is 1. The average Bonchev–Trinajstić information content (AvgIpc) is 2.54. The van der Waals surface area contributed by atoms with Gasteiger partial charge in [0.15, 0.2) is 6.23 Å². The first-order chi connectivity index (χ1) is 11.9. The fourth-order valence-corrected chi connectivity index (χ4v) is 3.41. The van der Waals surface area contributed by atoms with Gasteiger partial charge in [-0.1, -0.05) is 32.0 Å². The van der Waals surface area contributed by atoms with Gasteiger partial charge >= 0.3 is 12.0 Å². The third-order valence-corrected chi connectivity index (χ3v) is 4.44. The van der Waals surface area contributed by atoms with Gasteiger partial charge in [-0.2, -0.15) is 0 Å². The number of nitrogens with one attached hydrogen (secondary N) is 1. The van der Waals surface area contributed by atoms with E-state index in [9.17, 15) is 9.59 Å². The fourth-order valence-electron chi connectivity index (χ4n) is 3.41. The van der Waals surface area contributed by atoms with Gasteiger partial charge in [-0.25, -0.2) is 9.59 Å². The predicted octanol–water partition coefficient (Wildman–Crippen LogP) is 3.35. The Kier molecular flexibility index (Phi) is 4.70. The van der Waals surface area contributed by atoms with E-state index in [1.54, 1.807) is 18.7 Å². The van der Waals surface area contributed by atoms with E-state index in [0.29, 0.717) is 29.4 Å². The molecule has 0 saturated carbocycles. The van der Waals surface area contributed by atoms with Crippen LogP contribution in [-0.2, 0) is 9.53 Å². The third-order valence-electron chi connectivity index (χ3n) is 4.44. The highest BCUT2D eigenvalue weighted by Gasteiger charge is 2.46. The monoisotopic (exact) mass is 344 g/mol. The molecule has 2 aliphatic rings. The summed E-state index contributed by atoms with van der Waals surface area (Å²) in [5.74, 6) is 0.635. The van der Waals surface area contributed by atoms with Crippen molar-refractivity contribution in [2.45, 2.75) is 46.4 Å². The number of urea groups is 1. The summed E-state index contributed by atoms with van der Waals surface area (Å²) in [5.41, 5.74) is 1.80. The molecule has 2 amide bonds. The second-order valence-electron chi connectivity index (χ2n) is 6.74. The minimum Gasteiger partial charge on any atom is -0.470 e. The Labute approximate surface area is 147 Å². The summed E-state index contributed by atoms with van der Waals surface area (Å²) in [4.78, 5) is 27.0. The molecular weight excluding hydrogens is 320 g/mol. The van der Waals surface area contributed by atoms with Crippen molar-refractivity contribution in [2.75, 3.05) is 6.61 Å². The van der Waals surface area contributed by atoms with Crippen LogP contribution in [0.15, 0.2) is 35.5 Å². The van der Waals surface area contributed by atoms with E-state index in [0.717, 1.165) is 5.56 Å². The summed E-state index contributed by atoms with van der Waals surface area (Å²) in [5, 5.41) is 2.79. The summed E-state index contributed by atoms with van der Waals surface area (Å²) < 4.78 is 11.3. The minimum atomic E-state index is -0.499. The van der Waals surface area contributed by atoms with Crippen LogP contribution < -0.4 is 10.1 Å². The molecule has 0 fully saturated rings. The number of allylic oxidation sites excluding steroid dienone is 1. The quantitative estimate of drug-likeness (QED) is 0.851. The molecule has 2 heterocycles. The van der Waals surface area contributed by atoms with Gasteiger partial charge in [0.2, 0.25) is 0 Å². The molecule has 2 atom stereocenters. The molecule has 134 valence electrons. The average molecular weight is 344 g/mol. The number of nitrogens with zero attached hydrogens (tertiary/aromatic N) is 1. The first kappa shape index (κ1) is 17.3. The Morgan fingerprint density at radius 2 is 2.08 bits per heavy atom. The molecule has 2 aliphatic heterocycles. The summed E-state index contributed by atoms with van der Waals surface area (Å²) in [6.07, 6.45) is 0.241. The highest BCUT2D eigenvalue weighted by atomic mass is 16.5. The topological polar surface area (TPSA) is 67.9 Å². The molecule has 0 spiro atoms. The lowest BCUT2D eigenvalue weighted by Crippen LogP contribution is -2.57. The summed E-state index contributed by atoms with van der Waals surface area (Å²) >= 11 is 0. The van der Waals surface area contributed by atoms with Crippen LogP contribution in [-0.4, -0.2) is 29.7 Å². The maximum absolute atomic E-state index is 12.7. The molecule has 2 unspecified atom stereocenters. The van der Waals surface area contributed by atoms with Crippen LogP contribution in [0.2, 0.25) is 0 Å². The van der Waals surface area contributed by atoms with E-state index >= 15 is 0 Å². The second kappa shape index (κ2) is 6.78. The summed E-state index contributed by atoms with van der Waals surface area (Å²) in [6.45, 7) is 7.94. The van der Waals surface area contributed by atoms with E-state index in [2.05, 4.69) is 19.2 Å². The lowest BCUT2D eigenvalue weighted by Gasteiger charge is -2.46. The van der Waals surface area contributed by atoms with Gasteiger partial charge in [0.1, 0.15) is 11.8 Å². The molecule has 6 heteroatoms. The molecule has 0 aromatic heterocycles. The number of esters is 1. The molecule has 0 bridgehead atoms. The number of rotatable bonds is 4. The highest BCUT2D eigenvalue weighted by Crippen LogP contribution is 2.44. The van der Waals surface area contributed by atoms with Gasteiger partial charge in [0.05, 0.1) is 12.2 Å².